The first-order valence-electron chi connectivity index (χ1n) is 11.1. The summed E-state index contributed by atoms with van der Waals surface area (Å²) in [6, 6.07) is 4.58. The molecule has 0 saturated heterocycles. The van der Waals surface area contributed by atoms with Crippen LogP contribution in [0.5, 0.6) is 11.5 Å². The molecule has 0 amide bonds. The van der Waals surface area contributed by atoms with Crippen molar-refractivity contribution in [2.75, 3.05) is 40.3 Å². The highest BCUT2D eigenvalue weighted by atomic mass is 19.4. The molecule has 32 heavy (non-hydrogen) atoms. The minimum atomic E-state index is -4.45. The van der Waals surface area contributed by atoms with Crippen LogP contribution in [0.3, 0.4) is 0 Å². The van der Waals surface area contributed by atoms with Crippen LogP contribution in [0.25, 0.3) is 0 Å². The molecule has 0 N–H and O–H groups in total. The molecule has 1 aromatic rings. The van der Waals surface area contributed by atoms with E-state index in [0.717, 1.165) is 0 Å². The average Bonchev–Trinajstić information content (AvgIpc) is 2.80. The number of hydrogen-bond acceptors (Lipinski definition) is 6. The first kappa shape index (κ1) is 34.8. The third-order valence-electron chi connectivity index (χ3n) is 2.91. The van der Waals surface area contributed by atoms with E-state index in [2.05, 4.69) is 4.99 Å². The normalized spacial score (nSPS) is 10.4. The van der Waals surface area contributed by atoms with Crippen LogP contribution in [0.4, 0.5) is 13.2 Å². The molecular weight excluding hydrogens is 427 g/mol. The number of ether oxygens (including phenoxy) is 5. The molecule has 1 aromatic carbocycles. The molecule has 1 rings (SSSR count). The number of aliphatic imine (C=N–C) groups is 1. The Hall–Kier alpha value is -1.84. The molecule has 0 aromatic heterocycles. The second-order valence-electron chi connectivity index (χ2n) is 4.96. The van der Waals surface area contributed by atoms with Gasteiger partial charge in [-0.25, -0.2) is 0 Å². The number of halogens is 3. The predicted molar refractivity (Wildman–Crippen MR) is 124 cm³/mol. The molecule has 0 aliphatic heterocycles. The number of rotatable bonds is 12. The number of benzene rings is 1. The Morgan fingerprint density at radius 3 is 1.97 bits per heavy atom. The van der Waals surface area contributed by atoms with E-state index in [1.54, 1.807) is 12.1 Å². The molecule has 0 atom stereocenters. The van der Waals surface area contributed by atoms with Crippen molar-refractivity contribution in [2.24, 2.45) is 4.99 Å². The first-order chi connectivity index (χ1) is 15.4. The van der Waals surface area contributed by atoms with Gasteiger partial charge in [-0.1, -0.05) is 47.6 Å². The lowest BCUT2D eigenvalue weighted by atomic mass is 10.2. The van der Waals surface area contributed by atoms with Crippen molar-refractivity contribution in [2.45, 2.75) is 67.9 Å². The summed E-state index contributed by atoms with van der Waals surface area (Å²) in [5.41, 5.74) is 0.452. The largest absolute Gasteiger partial charge is 0.480 e. The summed E-state index contributed by atoms with van der Waals surface area (Å²) < 4.78 is 63.0. The number of methoxy groups -OCH3 is 1. The van der Waals surface area contributed by atoms with Crippen LogP contribution in [0.1, 0.15) is 61.0 Å². The SMILES string of the molecule is CC.CC.CC.CCOC(CN=Cc1cccc(OCC(F)(F)F)c1OCOC)OCC. The first-order valence-corrected chi connectivity index (χ1v) is 11.1. The van der Waals surface area contributed by atoms with Gasteiger partial charge in [0, 0.05) is 32.1 Å². The van der Waals surface area contributed by atoms with Gasteiger partial charge in [-0.3, -0.25) is 4.99 Å². The topological polar surface area (TPSA) is 58.5 Å². The maximum atomic E-state index is 12.4. The fourth-order valence-corrected chi connectivity index (χ4v) is 1.94. The van der Waals surface area contributed by atoms with Crippen LogP contribution in [-0.2, 0) is 14.2 Å². The van der Waals surface area contributed by atoms with Crippen LogP contribution in [0.15, 0.2) is 23.2 Å². The van der Waals surface area contributed by atoms with Gasteiger partial charge < -0.3 is 23.7 Å². The Morgan fingerprint density at radius 1 is 0.938 bits per heavy atom. The van der Waals surface area contributed by atoms with Crippen molar-refractivity contribution < 1.29 is 36.9 Å². The summed E-state index contributed by atoms with van der Waals surface area (Å²) >= 11 is 0. The van der Waals surface area contributed by atoms with Gasteiger partial charge in [0.2, 0.25) is 0 Å². The van der Waals surface area contributed by atoms with Gasteiger partial charge in [0.15, 0.2) is 31.2 Å². The lowest BCUT2D eigenvalue weighted by molar-refractivity contribution is -0.153. The van der Waals surface area contributed by atoms with Crippen molar-refractivity contribution in [3.63, 3.8) is 0 Å². The highest BCUT2D eigenvalue weighted by Gasteiger charge is 2.29. The number of alkyl halides is 3. The fraction of sp³-hybridized carbons (Fsp3) is 0.696. The van der Waals surface area contributed by atoms with E-state index in [9.17, 15) is 13.2 Å². The summed E-state index contributed by atoms with van der Waals surface area (Å²) in [5, 5.41) is 0. The minimum Gasteiger partial charge on any atom is -0.480 e. The van der Waals surface area contributed by atoms with Gasteiger partial charge in [0.25, 0.3) is 0 Å². The van der Waals surface area contributed by atoms with Gasteiger partial charge in [0.1, 0.15) is 0 Å². The Morgan fingerprint density at radius 2 is 1.50 bits per heavy atom. The smallest absolute Gasteiger partial charge is 0.422 e. The molecule has 0 radical (unpaired) electrons. The highest BCUT2D eigenvalue weighted by Crippen LogP contribution is 2.32. The van der Waals surface area contributed by atoms with E-state index in [4.69, 9.17) is 23.7 Å². The zero-order valence-corrected chi connectivity index (χ0v) is 21.0. The Labute approximate surface area is 192 Å². The molecule has 0 aliphatic rings. The van der Waals surface area contributed by atoms with Gasteiger partial charge in [0.05, 0.1) is 6.54 Å². The van der Waals surface area contributed by atoms with Gasteiger partial charge >= 0.3 is 6.18 Å². The maximum Gasteiger partial charge on any atom is 0.422 e. The van der Waals surface area contributed by atoms with Gasteiger partial charge in [-0.15, -0.1) is 0 Å². The van der Waals surface area contributed by atoms with Crippen molar-refractivity contribution in [3.8, 4) is 11.5 Å². The molecule has 9 heteroatoms. The minimum absolute atomic E-state index is 0.0468. The van der Waals surface area contributed by atoms with Gasteiger partial charge in [-0.05, 0) is 26.0 Å². The third kappa shape index (κ3) is 17.8. The molecule has 6 nitrogen and oxygen atoms in total. The molecule has 0 saturated carbocycles. The van der Waals surface area contributed by atoms with E-state index in [-0.39, 0.29) is 24.8 Å². The van der Waals surface area contributed by atoms with Crippen LogP contribution < -0.4 is 9.47 Å². The zero-order chi connectivity index (χ0) is 25.4. The standard InChI is InChI=1S/C17H24F3NO5.3C2H6/c1-4-23-15(24-5-2)10-21-9-13-7-6-8-14(16(13)26-12-22-3)25-11-17(18,19)20;3*1-2/h6-9,15H,4-5,10-12H2,1-3H3;3*1-2H3. The summed E-state index contributed by atoms with van der Waals surface area (Å²) in [4.78, 5) is 4.22. The van der Waals surface area contributed by atoms with Gasteiger partial charge in [-0.2, -0.15) is 13.2 Å². The third-order valence-corrected chi connectivity index (χ3v) is 2.91. The number of para-hydroxylation sites is 1. The molecule has 0 aliphatic carbocycles. The van der Waals surface area contributed by atoms with E-state index < -0.39 is 19.1 Å². The molecule has 0 heterocycles. The van der Waals surface area contributed by atoms with E-state index >= 15 is 0 Å². The van der Waals surface area contributed by atoms with Crippen molar-refractivity contribution >= 4 is 6.21 Å². The molecule has 0 fully saturated rings. The summed E-state index contributed by atoms with van der Waals surface area (Å²) in [6.07, 6.45) is -3.48. The van der Waals surface area contributed by atoms with Crippen molar-refractivity contribution in [1.82, 2.24) is 0 Å². The molecule has 190 valence electrons. The summed E-state index contributed by atoms with van der Waals surface area (Å²) in [7, 11) is 1.40. The Bertz CT molecular complexity index is 549. The highest BCUT2D eigenvalue weighted by molar-refractivity contribution is 5.85. The fourth-order valence-electron chi connectivity index (χ4n) is 1.94. The van der Waals surface area contributed by atoms with Crippen molar-refractivity contribution in [3.05, 3.63) is 23.8 Å². The van der Waals surface area contributed by atoms with Crippen LogP contribution in [-0.4, -0.2) is 58.9 Å². The van der Waals surface area contributed by atoms with Crippen LogP contribution in [0, 0.1) is 0 Å². The monoisotopic (exact) mass is 469 g/mol. The van der Waals surface area contributed by atoms with E-state index in [1.807, 2.05) is 55.4 Å². The van der Waals surface area contributed by atoms with Crippen molar-refractivity contribution in [1.29, 1.82) is 0 Å². The van der Waals surface area contributed by atoms with Crippen LogP contribution >= 0.6 is 0 Å². The predicted octanol–water partition coefficient (Wildman–Crippen LogP) is 6.51. The quantitative estimate of drug-likeness (QED) is 0.258. The van der Waals surface area contributed by atoms with E-state index in [0.29, 0.717) is 18.8 Å². The molecular formula is C23H42F3NO5. The maximum absolute atomic E-state index is 12.4. The second kappa shape index (κ2) is 23.8. The Kier molecular flexibility index (Phi) is 25.9. The summed E-state index contributed by atoms with van der Waals surface area (Å²) in [6.45, 7) is 15.3. The Balaban J connectivity index is -0.00000129. The molecule has 0 unspecified atom stereocenters. The zero-order valence-electron chi connectivity index (χ0n) is 21.0. The second-order valence-corrected chi connectivity index (χ2v) is 4.96. The molecule has 0 bridgehead atoms. The summed E-state index contributed by atoms with van der Waals surface area (Å²) in [5.74, 6) is 0.0706. The lowest BCUT2D eigenvalue weighted by Crippen LogP contribution is -2.21. The van der Waals surface area contributed by atoms with E-state index in [1.165, 1.54) is 19.4 Å². The average molecular weight is 470 g/mol. The lowest BCUT2D eigenvalue weighted by Gasteiger charge is -2.16. The van der Waals surface area contributed by atoms with Crippen LogP contribution in [0.2, 0.25) is 0 Å². The molecule has 0 spiro atoms. The number of hydrogen-bond donors (Lipinski definition) is 0. The number of nitrogens with zero attached hydrogens (tertiary/aromatic N) is 1.